The molecule has 0 saturated heterocycles. The van der Waals surface area contributed by atoms with Crippen LogP contribution < -0.4 is 5.56 Å². The van der Waals surface area contributed by atoms with Gasteiger partial charge in [-0.05, 0) is 30.3 Å². The van der Waals surface area contributed by atoms with Gasteiger partial charge < -0.3 is 0 Å². The van der Waals surface area contributed by atoms with Gasteiger partial charge in [-0.15, -0.1) is 0 Å². The smallest absolute Gasteiger partial charge is 0.272 e. The lowest BCUT2D eigenvalue weighted by Crippen LogP contribution is -2.36. The first kappa shape index (κ1) is 20.7. The molecule has 0 radical (unpaired) electrons. The van der Waals surface area contributed by atoms with E-state index in [0.717, 1.165) is 16.0 Å². The molecule has 0 spiro atoms. The summed E-state index contributed by atoms with van der Waals surface area (Å²) in [6.45, 7) is 0.126. The van der Waals surface area contributed by atoms with Crippen LogP contribution in [0.2, 0.25) is 0 Å². The Morgan fingerprint density at radius 1 is 0.686 bits per heavy atom. The third-order valence-electron chi connectivity index (χ3n) is 6.18. The number of hydrogen-bond donors (Lipinski definition) is 0. The normalized spacial score (nSPS) is 13.0. The molecular weight excluding hydrogens is 442 g/mol. The molecule has 0 unspecified atom stereocenters. The van der Waals surface area contributed by atoms with E-state index in [1.54, 1.807) is 41.0 Å². The number of carbonyl (C=O) groups is 2. The summed E-state index contributed by atoms with van der Waals surface area (Å²) in [5, 5.41) is 8.95. The first-order chi connectivity index (χ1) is 17.1. The molecule has 2 aromatic carbocycles. The van der Waals surface area contributed by atoms with Gasteiger partial charge in [-0.3, -0.25) is 19.3 Å². The molecule has 0 N–H and O–H groups in total. The van der Waals surface area contributed by atoms with Crippen LogP contribution in [0.25, 0.3) is 27.9 Å². The lowest BCUT2D eigenvalue weighted by atomic mass is 10.0. The Balaban J connectivity index is 1.39. The van der Waals surface area contributed by atoms with Gasteiger partial charge in [0, 0.05) is 30.1 Å². The number of imide groups is 1. The first-order valence-corrected chi connectivity index (χ1v) is 11.2. The number of pyridine rings is 1. The van der Waals surface area contributed by atoms with Crippen LogP contribution in [0.15, 0.2) is 96.1 Å². The molecule has 0 saturated carbocycles. The van der Waals surface area contributed by atoms with Crippen molar-refractivity contribution in [1.82, 2.24) is 24.3 Å². The molecule has 0 fully saturated rings. The van der Waals surface area contributed by atoms with Gasteiger partial charge in [-0.25, -0.2) is 9.20 Å². The maximum atomic E-state index is 13.6. The molecule has 6 rings (SSSR count). The minimum Gasteiger partial charge on any atom is -0.272 e. The Hall–Kier alpha value is -4.85. The van der Waals surface area contributed by atoms with Crippen LogP contribution >= 0.6 is 0 Å². The third-order valence-corrected chi connectivity index (χ3v) is 6.18. The summed E-state index contributed by atoms with van der Waals surface area (Å²) in [6, 6.07) is 23.8. The number of aromatic nitrogens is 4. The monoisotopic (exact) mass is 461 g/mol. The fourth-order valence-corrected chi connectivity index (χ4v) is 4.50. The predicted octanol–water partition coefficient (Wildman–Crippen LogP) is 3.52. The maximum Gasteiger partial charge on any atom is 0.274 e. The van der Waals surface area contributed by atoms with Gasteiger partial charge in [0.2, 0.25) is 0 Å². The fraction of sp³-hybridized carbons (Fsp3) is 0.0741. The van der Waals surface area contributed by atoms with E-state index in [1.165, 1.54) is 4.68 Å². The highest BCUT2D eigenvalue weighted by Gasteiger charge is 2.34. The predicted molar refractivity (Wildman–Crippen MR) is 130 cm³/mol. The molecule has 3 aromatic heterocycles. The molecule has 8 nitrogen and oxygen atoms in total. The molecule has 1 aliphatic rings. The van der Waals surface area contributed by atoms with Gasteiger partial charge in [0.25, 0.3) is 17.4 Å². The van der Waals surface area contributed by atoms with E-state index in [0.29, 0.717) is 27.9 Å². The molecule has 2 amide bonds. The molecule has 170 valence electrons. The summed E-state index contributed by atoms with van der Waals surface area (Å²) >= 11 is 0. The number of amides is 2. The summed E-state index contributed by atoms with van der Waals surface area (Å²) in [4.78, 5) is 40.1. The zero-order valence-corrected chi connectivity index (χ0v) is 18.5. The topological polar surface area (TPSA) is 89.6 Å². The highest BCUT2D eigenvalue weighted by atomic mass is 16.2. The van der Waals surface area contributed by atoms with Gasteiger partial charge in [-0.1, -0.05) is 48.5 Å². The van der Waals surface area contributed by atoms with Gasteiger partial charge in [0.15, 0.2) is 0 Å². The van der Waals surface area contributed by atoms with Crippen molar-refractivity contribution in [3.63, 3.8) is 0 Å². The van der Waals surface area contributed by atoms with Gasteiger partial charge in [0.05, 0.1) is 28.8 Å². The number of nitrogens with zero attached hydrogens (tertiary/aromatic N) is 5. The van der Waals surface area contributed by atoms with E-state index >= 15 is 0 Å². The van der Waals surface area contributed by atoms with Crippen LogP contribution in [0.4, 0.5) is 0 Å². The van der Waals surface area contributed by atoms with Crippen molar-refractivity contribution in [2.24, 2.45) is 0 Å². The molecule has 0 aliphatic carbocycles. The quantitative estimate of drug-likeness (QED) is 0.374. The minimum atomic E-state index is -0.358. The summed E-state index contributed by atoms with van der Waals surface area (Å²) in [5.41, 5.74) is 3.96. The van der Waals surface area contributed by atoms with Gasteiger partial charge in [-0.2, -0.15) is 10.2 Å². The van der Waals surface area contributed by atoms with E-state index < -0.39 is 0 Å². The summed E-state index contributed by atoms with van der Waals surface area (Å²) in [7, 11) is 0. The van der Waals surface area contributed by atoms with Crippen molar-refractivity contribution in [3.05, 3.63) is 113 Å². The van der Waals surface area contributed by atoms with Crippen LogP contribution in [-0.2, 0) is 6.54 Å². The van der Waals surface area contributed by atoms with Crippen molar-refractivity contribution < 1.29 is 9.59 Å². The Kier molecular flexibility index (Phi) is 4.84. The Morgan fingerprint density at radius 2 is 1.37 bits per heavy atom. The number of hydrogen-bond acceptors (Lipinski definition) is 5. The Bertz CT molecular complexity index is 1630. The molecule has 4 heterocycles. The zero-order valence-electron chi connectivity index (χ0n) is 18.5. The van der Waals surface area contributed by atoms with E-state index in [2.05, 4.69) is 5.10 Å². The Morgan fingerprint density at radius 3 is 2.11 bits per heavy atom. The molecule has 0 bridgehead atoms. The van der Waals surface area contributed by atoms with Crippen molar-refractivity contribution in [3.8, 4) is 22.4 Å². The second-order valence-electron chi connectivity index (χ2n) is 8.20. The van der Waals surface area contributed by atoms with Crippen molar-refractivity contribution in [2.45, 2.75) is 6.54 Å². The van der Waals surface area contributed by atoms with E-state index in [-0.39, 0.29) is 30.5 Å². The summed E-state index contributed by atoms with van der Waals surface area (Å²) in [5.74, 6) is -0.715. The molecular formula is C27H19N5O3. The van der Waals surface area contributed by atoms with E-state index in [4.69, 9.17) is 5.10 Å². The average Bonchev–Trinajstić information content (AvgIpc) is 3.40. The van der Waals surface area contributed by atoms with Crippen LogP contribution in [-0.4, -0.2) is 42.7 Å². The number of rotatable bonds is 5. The highest BCUT2D eigenvalue weighted by molar-refractivity contribution is 6.21. The van der Waals surface area contributed by atoms with E-state index in [9.17, 15) is 14.4 Å². The molecule has 8 heteroatoms. The lowest BCUT2D eigenvalue weighted by molar-refractivity contribution is 0.0647. The molecule has 0 atom stereocenters. The summed E-state index contributed by atoms with van der Waals surface area (Å²) < 4.78 is 3.04. The van der Waals surface area contributed by atoms with Gasteiger partial charge in [0.1, 0.15) is 5.69 Å². The third kappa shape index (κ3) is 3.34. The summed E-state index contributed by atoms with van der Waals surface area (Å²) in [6.07, 6.45) is 3.40. The number of benzene rings is 2. The van der Waals surface area contributed by atoms with Crippen molar-refractivity contribution in [2.75, 3.05) is 6.54 Å². The van der Waals surface area contributed by atoms with Crippen LogP contribution in [0.3, 0.4) is 0 Å². The molecule has 5 aromatic rings. The van der Waals surface area contributed by atoms with Crippen LogP contribution in [0.1, 0.15) is 20.7 Å². The molecule has 1 aliphatic heterocycles. The second kappa shape index (κ2) is 8.18. The van der Waals surface area contributed by atoms with Crippen LogP contribution in [0, 0.1) is 0 Å². The van der Waals surface area contributed by atoms with Crippen molar-refractivity contribution in [1.29, 1.82) is 0 Å². The fourth-order valence-electron chi connectivity index (χ4n) is 4.50. The average molecular weight is 461 g/mol. The lowest BCUT2D eigenvalue weighted by Gasteiger charge is -2.14. The molecule has 35 heavy (non-hydrogen) atoms. The minimum absolute atomic E-state index is 0.0447. The van der Waals surface area contributed by atoms with E-state index in [1.807, 2.05) is 54.7 Å². The zero-order chi connectivity index (χ0) is 23.9. The second-order valence-corrected chi connectivity index (χ2v) is 8.20. The SMILES string of the molecule is O=C1c2ccccc2C(=O)N1CCn1nccc(-c2c(-c3ccccc3)nn3ccccc23)c1=O. The maximum absolute atomic E-state index is 13.6. The standard InChI is InChI=1S/C27H19N5O3/c33-25-19-10-4-5-11-20(19)26(34)30(25)16-17-32-27(35)21(13-14-28-32)23-22-12-6-7-15-31(22)29-24(23)18-8-2-1-3-9-18/h1-15H,16-17H2. The van der Waals surface area contributed by atoms with Crippen molar-refractivity contribution >= 4 is 17.3 Å². The largest absolute Gasteiger partial charge is 0.274 e. The number of carbonyl (C=O) groups excluding carboxylic acids is 2. The number of fused-ring (bicyclic) bond motifs is 2. The van der Waals surface area contributed by atoms with Gasteiger partial charge >= 0.3 is 0 Å². The first-order valence-electron chi connectivity index (χ1n) is 11.2. The Labute approximate surface area is 199 Å². The van der Waals surface area contributed by atoms with Crippen LogP contribution in [0.5, 0.6) is 0 Å². The highest BCUT2D eigenvalue weighted by Crippen LogP contribution is 2.33.